The molecule has 5 heterocycles. The molecule has 0 spiro atoms. The van der Waals surface area contributed by atoms with Gasteiger partial charge in [0, 0.05) is 63.0 Å². The lowest BCUT2D eigenvalue weighted by Crippen LogP contribution is -2.62. The van der Waals surface area contributed by atoms with Gasteiger partial charge in [-0.1, -0.05) is 13.0 Å². The van der Waals surface area contributed by atoms with Gasteiger partial charge >= 0.3 is 12.0 Å². The number of hydrogen-bond acceptors (Lipinski definition) is 10. The van der Waals surface area contributed by atoms with E-state index in [4.69, 9.17) is 9.47 Å². The average Bonchev–Trinajstić information content (AvgIpc) is 3.95. The van der Waals surface area contributed by atoms with Gasteiger partial charge in [0.15, 0.2) is 0 Å². The maximum absolute atomic E-state index is 14.9. The molecule has 1 aromatic heterocycles. The number of hydrogen-bond donors (Lipinski definition) is 5. The number of fused-ring (bicyclic) bond motifs is 4. The molecule has 4 aliphatic heterocycles. The molecule has 0 unspecified atom stereocenters. The number of cyclic esters (lactones) is 1. The molecule has 5 N–H and O–H groups in total. The summed E-state index contributed by atoms with van der Waals surface area (Å²) in [5.41, 5.74) is 1.19. The summed E-state index contributed by atoms with van der Waals surface area (Å²) in [6.45, 7) is 5.44. The first-order valence-electron chi connectivity index (χ1n) is 21.5. The number of piperidine rings is 1. The van der Waals surface area contributed by atoms with Crippen molar-refractivity contribution in [2.24, 2.45) is 13.0 Å². The van der Waals surface area contributed by atoms with E-state index in [1.165, 1.54) is 16.7 Å². The van der Waals surface area contributed by atoms with Crippen LogP contribution in [0.5, 0.6) is 0 Å². The van der Waals surface area contributed by atoms with E-state index in [2.05, 4.69) is 21.3 Å². The van der Waals surface area contributed by atoms with Crippen LogP contribution in [0, 0.1) is 17.6 Å². The van der Waals surface area contributed by atoms with E-state index >= 15 is 0 Å². The van der Waals surface area contributed by atoms with E-state index in [9.17, 15) is 42.7 Å². The highest BCUT2D eigenvalue weighted by Gasteiger charge is 2.48. The smallest absolute Gasteiger partial charge is 0.329 e. The Hall–Kier alpha value is -5.66. The second kappa shape index (κ2) is 19.4. The Morgan fingerprint density at radius 2 is 1.65 bits per heavy atom. The molecule has 3 aromatic rings. The molecule has 0 aliphatic carbocycles. The zero-order chi connectivity index (χ0) is 45.1. The summed E-state index contributed by atoms with van der Waals surface area (Å²) in [5, 5.41) is 22.8. The number of nitrogens with one attached hydrogen (secondary N) is 4. The van der Waals surface area contributed by atoms with Crippen LogP contribution in [-0.2, 0) is 46.9 Å². The van der Waals surface area contributed by atoms with Crippen molar-refractivity contribution in [3.05, 3.63) is 65.9 Å². The van der Waals surface area contributed by atoms with Gasteiger partial charge in [-0.15, -0.1) is 0 Å². The average molecular weight is 879 g/mol. The molecule has 6 amide bonds. The molecule has 0 bridgehead atoms. The van der Waals surface area contributed by atoms with Crippen molar-refractivity contribution < 1.29 is 52.1 Å². The largest absolute Gasteiger partial charge is 0.458 e. The van der Waals surface area contributed by atoms with Crippen LogP contribution in [0.2, 0.25) is 0 Å². The van der Waals surface area contributed by atoms with Crippen molar-refractivity contribution >= 4 is 52.2 Å². The summed E-state index contributed by atoms with van der Waals surface area (Å²) in [7, 11) is 1.84. The summed E-state index contributed by atoms with van der Waals surface area (Å²) in [4.78, 5) is 89.4. The third-order valence-corrected chi connectivity index (χ3v) is 12.5. The van der Waals surface area contributed by atoms with Crippen molar-refractivity contribution in [3.63, 3.8) is 0 Å². The summed E-state index contributed by atoms with van der Waals surface area (Å²) in [6, 6.07) is 2.34. The Balaban J connectivity index is 1.21. The lowest BCUT2D eigenvalue weighted by molar-refractivity contribution is -0.163. The van der Waals surface area contributed by atoms with E-state index in [-0.39, 0.29) is 62.7 Å². The first kappa shape index (κ1) is 45.4. The number of nitrogens with zero attached hydrogens (tertiary/aromatic N) is 4. The van der Waals surface area contributed by atoms with Crippen molar-refractivity contribution in [1.82, 2.24) is 35.2 Å². The Bertz CT molecular complexity index is 2200. The summed E-state index contributed by atoms with van der Waals surface area (Å²) >= 11 is 0. The molecule has 4 saturated heterocycles. The number of urea groups is 1. The number of rotatable bonds is 6. The highest BCUT2D eigenvalue weighted by atomic mass is 19.1. The van der Waals surface area contributed by atoms with Crippen LogP contribution in [-0.4, -0.2) is 141 Å². The van der Waals surface area contributed by atoms with Crippen LogP contribution in [0.3, 0.4) is 0 Å². The van der Waals surface area contributed by atoms with Gasteiger partial charge in [0.05, 0.1) is 31.5 Å². The van der Waals surface area contributed by atoms with Crippen molar-refractivity contribution in [2.75, 3.05) is 38.3 Å². The van der Waals surface area contributed by atoms with Crippen molar-refractivity contribution in [3.8, 4) is 0 Å². The number of ether oxygens (including phenoxy) is 2. The quantitative estimate of drug-likeness (QED) is 0.229. The van der Waals surface area contributed by atoms with Crippen molar-refractivity contribution in [2.45, 2.75) is 108 Å². The number of halogens is 2. The minimum Gasteiger partial charge on any atom is -0.458 e. The van der Waals surface area contributed by atoms with Crippen LogP contribution in [0.25, 0.3) is 10.9 Å². The van der Waals surface area contributed by atoms with E-state index < -0.39 is 90.2 Å². The first-order chi connectivity index (χ1) is 30.1. The molecule has 340 valence electrons. The number of aliphatic hydroxyl groups excluding tert-OH is 1. The number of esters is 1. The summed E-state index contributed by atoms with van der Waals surface area (Å²) < 4.78 is 42.7. The number of benzene rings is 2. The molecule has 17 nitrogen and oxygen atoms in total. The lowest BCUT2D eigenvalue weighted by Gasteiger charge is -2.39. The Morgan fingerprint density at radius 1 is 0.905 bits per heavy atom. The van der Waals surface area contributed by atoms with E-state index in [0.717, 1.165) is 29.5 Å². The van der Waals surface area contributed by atoms with Crippen LogP contribution in [0.4, 0.5) is 19.3 Å². The molecule has 4 fully saturated rings. The maximum atomic E-state index is 14.9. The molecule has 19 heteroatoms. The molecule has 7 rings (SSSR count). The van der Waals surface area contributed by atoms with E-state index in [0.29, 0.717) is 31.1 Å². The van der Waals surface area contributed by atoms with Crippen LogP contribution in [0.15, 0.2) is 48.7 Å². The normalized spacial score (nSPS) is 28.1. The van der Waals surface area contributed by atoms with Crippen LogP contribution < -0.4 is 21.3 Å². The fourth-order valence-electron chi connectivity index (χ4n) is 9.16. The van der Waals surface area contributed by atoms with E-state index in [1.807, 2.05) is 30.8 Å². The van der Waals surface area contributed by atoms with Gasteiger partial charge in [0.25, 0.3) is 0 Å². The Morgan fingerprint density at radius 3 is 2.41 bits per heavy atom. The molecule has 2 aromatic carbocycles. The number of aromatic nitrogens is 1. The molecule has 0 saturated carbocycles. The van der Waals surface area contributed by atoms with Gasteiger partial charge in [0.1, 0.15) is 41.9 Å². The van der Waals surface area contributed by atoms with Crippen molar-refractivity contribution in [1.29, 1.82) is 0 Å². The SMILES string of the molecule is C[C@@H]1C[C@H]2C(=O)O[C@@H](C)[C@H](NC(=O)[C@H](Cc3cc(F)cc(F)c3)NC(=O)Nc3ccc4ccn(C)c4c3)C(=O)N3C[C@H](O)C[C@H]3C(=O)N3CCCC[C@H]3COCN[C@@H](C)C(=O)N2C1. The number of amides is 6. The molecule has 0 radical (unpaired) electrons. The number of aliphatic hydroxyl groups is 1. The molecule has 4 aliphatic rings. The minimum absolute atomic E-state index is 0.00408. The van der Waals surface area contributed by atoms with Gasteiger partial charge in [-0.2, -0.15) is 0 Å². The predicted octanol–water partition coefficient (Wildman–Crippen LogP) is 2.15. The molecule has 9 atom stereocenters. The Kier molecular flexibility index (Phi) is 14.0. The number of aryl methyl sites for hydroxylation is 1. The second-order valence-corrected chi connectivity index (χ2v) is 17.3. The zero-order valence-corrected chi connectivity index (χ0v) is 35.9. The third kappa shape index (κ3) is 10.4. The van der Waals surface area contributed by atoms with E-state index in [1.54, 1.807) is 30.0 Å². The van der Waals surface area contributed by atoms with Gasteiger partial charge < -0.3 is 49.8 Å². The van der Waals surface area contributed by atoms with Gasteiger partial charge in [-0.05, 0) is 86.7 Å². The highest BCUT2D eigenvalue weighted by Crippen LogP contribution is 2.29. The predicted molar refractivity (Wildman–Crippen MR) is 225 cm³/mol. The minimum atomic E-state index is -1.71. The summed E-state index contributed by atoms with van der Waals surface area (Å²) in [6.07, 6.45) is 1.21. The number of anilines is 1. The highest BCUT2D eigenvalue weighted by molar-refractivity contribution is 5.98. The first-order valence-corrected chi connectivity index (χ1v) is 21.5. The van der Waals surface area contributed by atoms with Gasteiger partial charge in [-0.3, -0.25) is 24.5 Å². The molecular formula is C44H56F2N8O9. The Labute approximate surface area is 363 Å². The lowest BCUT2D eigenvalue weighted by atomic mass is 10.0. The zero-order valence-electron chi connectivity index (χ0n) is 35.9. The van der Waals surface area contributed by atoms with Crippen LogP contribution >= 0.6 is 0 Å². The summed E-state index contributed by atoms with van der Waals surface area (Å²) in [5.74, 6) is -5.39. The number of carbonyl (C=O) groups is 6. The van der Waals surface area contributed by atoms with Gasteiger partial charge in [-0.25, -0.2) is 18.4 Å². The molecule has 63 heavy (non-hydrogen) atoms. The third-order valence-electron chi connectivity index (χ3n) is 12.5. The van der Waals surface area contributed by atoms with Crippen LogP contribution in [0.1, 0.15) is 58.4 Å². The maximum Gasteiger partial charge on any atom is 0.329 e. The fourth-order valence-corrected chi connectivity index (χ4v) is 9.16. The standard InChI is InChI=1S/C44H56F2N8O9/c1-24-13-37-43(60)63-26(3)38(42(59)54-21-33(55)19-36(54)41(58)52-11-6-5-7-32(52)22-62-23-47-25(2)40(57)53(37)20-24)50-39(56)34(16-27-14-29(45)17-30(46)15-27)49-44(61)48-31-9-8-28-10-12-51(4)35(28)18-31/h8-10,12,14-15,17-18,24-26,32-34,36-38,47,55H,5-7,11,13,16,19-23H2,1-4H3,(H,50,56)(H2,48,49,61)/t24-,25+,26+,32+,33-,34+,36+,37+,38+/m1/s1. The van der Waals surface area contributed by atoms with Gasteiger partial charge in [0.2, 0.25) is 23.6 Å². The fraction of sp³-hybridized carbons (Fsp3) is 0.545. The topological polar surface area (TPSA) is 204 Å². The monoisotopic (exact) mass is 878 g/mol. The molecular weight excluding hydrogens is 823 g/mol. The number of carbonyl (C=O) groups excluding carboxylic acids is 6. The second-order valence-electron chi connectivity index (χ2n) is 17.3.